The van der Waals surface area contributed by atoms with Crippen molar-refractivity contribution in [3.63, 3.8) is 0 Å². The Hall–Kier alpha value is -1.35. The van der Waals surface area contributed by atoms with Crippen LogP contribution < -0.4 is 5.32 Å². The normalized spacial score (nSPS) is 10.3. The third-order valence-electron chi connectivity index (χ3n) is 2.58. The van der Waals surface area contributed by atoms with Crippen LogP contribution in [0.3, 0.4) is 0 Å². The first kappa shape index (κ1) is 13.7. The molecule has 0 aliphatic carbocycles. The highest BCUT2D eigenvalue weighted by molar-refractivity contribution is 5.95. The number of hydrogen-bond acceptors (Lipinski definition) is 2. The van der Waals surface area contributed by atoms with Gasteiger partial charge < -0.3 is 10.1 Å². The zero-order chi connectivity index (χ0) is 12.7. The molecule has 3 heteroatoms. The van der Waals surface area contributed by atoms with E-state index in [0.717, 1.165) is 24.2 Å². The van der Waals surface area contributed by atoms with Gasteiger partial charge in [-0.2, -0.15) is 0 Å². The first-order chi connectivity index (χ1) is 8.15. The number of carbonyl (C=O) groups excluding carboxylic acids is 1. The van der Waals surface area contributed by atoms with Gasteiger partial charge in [0.15, 0.2) is 0 Å². The predicted molar refractivity (Wildman–Crippen MR) is 69.4 cm³/mol. The number of aryl methyl sites for hydroxylation is 2. The largest absolute Gasteiger partial charge is 0.382 e. The second-order valence-electron chi connectivity index (χ2n) is 4.12. The van der Waals surface area contributed by atoms with Crippen LogP contribution >= 0.6 is 0 Å². The molecule has 1 rings (SSSR count). The number of nitrogens with one attached hydrogen (secondary N) is 1. The summed E-state index contributed by atoms with van der Waals surface area (Å²) in [6.45, 7) is 8.04. The van der Waals surface area contributed by atoms with Gasteiger partial charge >= 0.3 is 0 Å². The molecule has 0 aromatic heterocycles. The van der Waals surface area contributed by atoms with E-state index in [9.17, 15) is 4.79 Å². The van der Waals surface area contributed by atoms with Crippen molar-refractivity contribution in [3.05, 3.63) is 34.9 Å². The lowest BCUT2D eigenvalue weighted by atomic mass is 10.1. The van der Waals surface area contributed by atoms with Crippen LogP contribution in [0.4, 0.5) is 0 Å². The fraction of sp³-hybridized carbons (Fsp3) is 0.500. The predicted octanol–water partition coefficient (Wildman–Crippen LogP) is 2.46. The van der Waals surface area contributed by atoms with Gasteiger partial charge in [0.2, 0.25) is 0 Å². The molecule has 0 atom stereocenters. The lowest BCUT2D eigenvalue weighted by Crippen LogP contribution is -2.26. The van der Waals surface area contributed by atoms with Crippen molar-refractivity contribution in [2.24, 2.45) is 0 Å². The van der Waals surface area contributed by atoms with E-state index >= 15 is 0 Å². The molecule has 94 valence electrons. The lowest BCUT2D eigenvalue weighted by Gasteiger charge is -2.08. The summed E-state index contributed by atoms with van der Waals surface area (Å²) in [5.41, 5.74) is 2.95. The van der Waals surface area contributed by atoms with Gasteiger partial charge in [0.05, 0.1) is 0 Å². The Morgan fingerprint density at radius 1 is 1.35 bits per heavy atom. The number of ether oxygens (including phenoxy) is 1. The van der Waals surface area contributed by atoms with Crippen molar-refractivity contribution in [1.82, 2.24) is 5.32 Å². The maximum absolute atomic E-state index is 11.9. The van der Waals surface area contributed by atoms with E-state index in [1.54, 1.807) is 0 Å². The van der Waals surface area contributed by atoms with Crippen molar-refractivity contribution in [2.75, 3.05) is 19.8 Å². The molecule has 0 saturated heterocycles. The van der Waals surface area contributed by atoms with Crippen LogP contribution in [0.5, 0.6) is 0 Å². The fourth-order valence-corrected chi connectivity index (χ4v) is 1.68. The maximum atomic E-state index is 11.9. The zero-order valence-corrected chi connectivity index (χ0v) is 10.9. The van der Waals surface area contributed by atoms with Crippen LogP contribution in [-0.2, 0) is 4.74 Å². The van der Waals surface area contributed by atoms with Crippen molar-refractivity contribution in [2.45, 2.75) is 27.2 Å². The summed E-state index contributed by atoms with van der Waals surface area (Å²) >= 11 is 0. The molecule has 0 radical (unpaired) electrons. The van der Waals surface area contributed by atoms with Gasteiger partial charge in [-0.3, -0.25) is 4.79 Å². The number of carbonyl (C=O) groups is 1. The van der Waals surface area contributed by atoms with Gasteiger partial charge in [0.25, 0.3) is 5.91 Å². The highest BCUT2D eigenvalue weighted by atomic mass is 16.5. The van der Waals surface area contributed by atoms with Crippen LogP contribution in [0, 0.1) is 13.8 Å². The monoisotopic (exact) mass is 235 g/mol. The Balaban J connectivity index is 2.42. The molecule has 0 aliphatic rings. The summed E-state index contributed by atoms with van der Waals surface area (Å²) in [5, 5.41) is 2.90. The molecule has 0 saturated carbocycles. The van der Waals surface area contributed by atoms with Gasteiger partial charge in [-0.05, 0) is 38.8 Å². The van der Waals surface area contributed by atoms with Crippen LogP contribution in [0.25, 0.3) is 0 Å². The molecular weight excluding hydrogens is 214 g/mol. The summed E-state index contributed by atoms with van der Waals surface area (Å²) < 4.78 is 5.21. The van der Waals surface area contributed by atoms with E-state index in [2.05, 4.69) is 5.32 Å². The number of rotatable bonds is 6. The molecule has 0 heterocycles. The van der Waals surface area contributed by atoms with E-state index in [1.165, 1.54) is 5.56 Å². The standard InChI is InChI=1S/C14H21NO2/c1-4-17-9-5-8-15-14(16)13-7-6-11(2)10-12(13)3/h6-7,10H,4-5,8-9H2,1-3H3,(H,15,16). The summed E-state index contributed by atoms with van der Waals surface area (Å²) in [7, 11) is 0. The average molecular weight is 235 g/mol. The Kier molecular flexibility index (Phi) is 5.70. The smallest absolute Gasteiger partial charge is 0.251 e. The maximum Gasteiger partial charge on any atom is 0.251 e. The number of amides is 1. The fourth-order valence-electron chi connectivity index (χ4n) is 1.68. The minimum atomic E-state index is -0.000927. The Morgan fingerprint density at radius 3 is 2.76 bits per heavy atom. The molecule has 0 unspecified atom stereocenters. The van der Waals surface area contributed by atoms with E-state index in [0.29, 0.717) is 13.2 Å². The second kappa shape index (κ2) is 7.07. The second-order valence-corrected chi connectivity index (χ2v) is 4.12. The zero-order valence-electron chi connectivity index (χ0n) is 10.9. The van der Waals surface area contributed by atoms with Crippen molar-refractivity contribution >= 4 is 5.91 Å². The van der Waals surface area contributed by atoms with Crippen LogP contribution in [0.2, 0.25) is 0 Å². The van der Waals surface area contributed by atoms with Crippen LogP contribution in [0.1, 0.15) is 34.8 Å². The molecular formula is C14H21NO2. The quantitative estimate of drug-likeness (QED) is 0.769. The number of benzene rings is 1. The van der Waals surface area contributed by atoms with Gasteiger partial charge in [-0.25, -0.2) is 0 Å². The first-order valence-corrected chi connectivity index (χ1v) is 6.08. The summed E-state index contributed by atoms with van der Waals surface area (Å²) in [5.74, 6) is -0.000927. The molecule has 1 N–H and O–H groups in total. The van der Waals surface area contributed by atoms with Crippen molar-refractivity contribution in [3.8, 4) is 0 Å². The lowest BCUT2D eigenvalue weighted by molar-refractivity contribution is 0.0943. The molecule has 1 aromatic carbocycles. The molecule has 1 amide bonds. The van der Waals surface area contributed by atoms with Gasteiger partial charge in [-0.15, -0.1) is 0 Å². The van der Waals surface area contributed by atoms with E-state index < -0.39 is 0 Å². The Bertz CT molecular complexity index is 374. The minimum Gasteiger partial charge on any atom is -0.382 e. The van der Waals surface area contributed by atoms with Gasteiger partial charge in [-0.1, -0.05) is 17.7 Å². The SMILES string of the molecule is CCOCCCNC(=O)c1ccc(C)cc1C. The molecule has 17 heavy (non-hydrogen) atoms. The van der Waals surface area contributed by atoms with E-state index in [-0.39, 0.29) is 5.91 Å². The molecule has 0 aliphatic heterocycles. The molecule has 0 bridgehead atoms. The highest BCUT2D eigenvalue weighted by Gasteiger charge is 2.07. The molecule has 3 nitrogen and oxygen atoms in total. The van der Waals surface area contributed by atoms with Crippen molar-refractivity contribution in [1.29, 1.82) is 0 Å². The van der Waals surface area contributed by atoms with Gasteiger partial charge in [0, 0.05) is 25.3 Å². The highest BCUT2D eigenvalue weighted by Crippen LogP contribution is 2.10. The summed E-state index contributed by atoms with van der Waals surface area (Å²) in [6, 6.07) is 5.86. The van der Waals surface area contributed by atoms with Crippen molar-refractivity contribution < 1.29 is 9.53 Å². The Labute approximate surface area is 103 Å². The third kappa shape index (κ3) is 4.57. The van der Waals surface area contributed by atoms with E-state index in [1.807, 2.05) is 39.0 Å². The van der Waals surface area contributed by atoms with Gasteiger partial charge in [0.1, 0.15) is 0 Å². The Morgan fingerprint density at radius 2 is 2.12 bits per heavy atom. The van der Waals surface area contributed by atoms with Crippen LogP contribution in [0.15, 0.2) is 18.2 Å². The average Bonchev–Trinajstić information content (AvgIpc) is 2.28. The third-order valence-corrected chi connectivity index (χ3v) is 2.58. The summed E-state index contributed by atoms with van der Waals surface area (Å²) in [4.78, 5) is 11.9. The van der Waals surface area contributed by atoms with Crippen LogP contribution in [-0.4, -0.2) is 25.7 Å². The minimum absolute atomic E-state index is 0.000927. The topological polar surface area (TPSA) is 38.3 Å². The molecule has 0 spiro atoms. The van der Waals surface area contributed by atoms with E-state index in [4.69, 9.17) is 4.74 Å². The summed E-state index contributed by atoms with van der Waals surface area (Å²) in [6.07, 6.45) is 0.852. The number of hydrogen-bond donors (Lipinski definition) is 1. The molecule has 0 fully saturated rings. The molecule has 1 aromatic rings. The first-order valence-electron chi connectivity index (χ1n) is 6.08.